The largest absolute Gasteiger partial charge is 0.369 e. The molecule has 4 heteroatoms. The second-order valence-electron chi connectivity index (χ2n) is 7.55. The summed E-state index contributed by atoms with van der Waals surface area (Å²) < 4.78 is 0. The van der Waals surface area contributed by atoms with E-state index in [2.05, 4.69) is 46.3 Å². The van der Waals surface area contributed by atoms with Crippen molar-refractivity contribution in [3.05, 3.63) is 65.7 Å². The Bertz CT molecular complexity index is 736. The Morgan fingerprint density at radius 3 is 2.22 bits per heavy atom. The molecule has 4 nitrogen and oxygen atoms in total. The van der Waals surface area contributed by atoms with E-state index in [4.69, 9.17) is 0 Å². The molecule has 1 atom stereocenters. The summed E-state index contributed by atoms with van der Waals surface area (Å²) in [6, 6.07) is 18.5. The van der Waals surface area contributed by atoms with E-state index in [1.54, 1.807) is 0 Å². The van der Waals surface area contributed by atoms with Crippen LogP contribution in [0.2, 0.25) is 0 Å². The van der Waals surface area contributed by atoms with Gasteiger partial charge in [0, 0.05) is 37.4 Å². The fraction of sp³-hybridized carbons (Fsp3) is 0.435. The topological polar surface area (TPSA) is 35.6 Å². The average Bonchev–Trinajstić information content (AvgIpc) is 2.73. The van der Waals surface area contributed by atoms with Crippen molar-refractivity contribution in [1.29, 1.82) is 0 Å². The lowest BCUT2D eigenvalue weighted by Crippen LogP contribution is -2.52. The van der Waals surface area contributed by atoms with Crippen LogP contribution in [0, 0.1) is 0 Å². The molecule has 0 aliphatic carbocycles. The highest BCUT2D eigenvalue weighted by molar-refractivity contribution is 6.03. The Hall–Kier alpha value is -2.17. The molecule has 2 aromatic carbocycles. The van der Waals surface area contributed by atoms with Gasteiger partial charge in [0.2, 0.25) is 0 Å². The molecule has 27 heavy (non-hydrogen) atoms. The van der Waals surface area contributed by atoms with Crippen LogP contribution in [-0.2, 0) is 6.42 Å². The molecule has 1 unspecified atom stereocenters. The maximum atomic E-state index is 13.6. The third kappa shape index (κ3) is 4.23. The van der Waals surface area contributed by atoms with Crippen LogP contribution in [0.25, 0.3) is 0 Å². The molecule has 0 spiro atoms. The van der Waals surface area contributed by atoms with Gasteiger partial charge >= 0.3 is 0 Å². The monoisotopic (exact) mass is 365 g/mol. The van der Waals surface area contributed by atoms with Gasteiger partial charge in [-0.15, -0.1) is 0 Å². The predicted octanol–water partition coefficient (Wildman–Crippen LogP) is 3.23. The van der Waals surface area contributed by atoms with Gasteiger partial charge in [0.25, 0.3) is 0 Å². The summed E-state index contributed by atoms with van der Waals surface area (Å²) >= 11 is 0. The number of nitrogens with zero attached hydrogens (tertiary/aromatic N) is 2. The molecule has 3 rings (SSSR count). The average molecular weight is 366 g/mol. The van der Waals surface area contributed by atoms with Crippen LogP contribution in [0.4, 0.5) is 5.69 Å². The first-order valence-corrected chi connectivity index (χ1v) is 9.89. The maximum Gasteiger partial charge on any atom is 0.183 e. The Balaban J connectivity index is 1.85. The zero-order chi connectivity index (χ0) is 19.3. The molecule has 1 N–H and O–H groups in total. The van der Waals surface area contributed by atoms with Gasteiger partial charge < -0.3 is 10.2 Å². The number of hydrogen-bond acceptors (Lipinski definition) is 4. The van der Waals surface area contributed by atoms with E-state index in [1.807, 2.05) is 44.4 Å². The van der Waals surface area contributed by atoms with Gasteiger partial charge in [-0.3, -0.25) is 9.69 Å². The fourth-order valence-electron chi connectivity index (χ4n) is 3.99. The van der Waals surface area contributed by atoms with Gasteiger partial charge in [-0.25, -0.2) is 0 Å². The number of nitrogens with one attached hydrogen (secondary N) is 1. The number of Topliss-reactive ketones (excluding diaryl/α,β-unsaturated/α-hetero) is 1. The lowest BCUT2D eigenvalue weighted by Gasteiger charge is -2.38. The minimum absolute atomic E-state index is 0.200. The Kier molecular flexibility index (Phi) is 6.30. The molecule has 1 fully saturated rings. The SMILES string of the molecule is CCC(Cc1ccccc1)(C(=O)c1ccc(N2CCNCC2)cc1)N(C)C. The van der Waals surface area contributed by atoms with E-state index >= 15 is 0 Å². The number of carbonyl (C=O) groups is 1. The van der Waals surface area contributed by atoms with Crippen molar-refractivity contribution in [2.75, 3.05) is 45.2 Å². The van der Waals surface area contributed by atoms with Crippen LogP contribution in [0.5, 0.6) is 0 Å². The van der Waals surface area contributed by atoms with Crippen LogP contribution >= 0.6 is 0 Å². The molecule has 0 amide bonds. The van der Waals surface area contributed by atoms with Crippen molar-refractivity contribution < 1.29 is 4.79 Å². The molecule has 0 aromatic heterocycles. The van der Waals surface area contributed by atoms with Crippen LogP contribution in [-0.4, -0.2) is 56.5 Å². The summed E-state index contributed by atoms with van der Waals surface area (Å²) in [7, 11) is 4.03. The van der Waals surface area contributed by atoms with E-state index in [0.29, 0.717) is 0 Å². The maximum absolute atomic E-state index is 13.6. The highest BCUT2D eigenvalue weighted by Crippen LogP contribution is 2.28. The van der Waals surface area contributed by atoms with E-state index in [0.717, 1.165) is 44.6 Å². The molecule has 144 valence electrons. The molecule has 0 radical (unpaired) electrons. The molecule has 0 saturated carbocycles. The molecule has 2 aromatic rings. The smallest absolute Gasteiger partial charge is 0.183 e. The number of hydrogen-bond donors (Lipinski definition) is 1. The molecule has 1 aliphatic rings. The van der Waals surface area contributed by atoms with Crippen molar-refractivity contribution in [1.82, 2.24) is 10.2 Å². The van der Waals surface area contributed by atoms with Crippen LogP contribution < -0.4 is 10.2 Å². The van der Waals surface area contributed by atoms with Crippen LogP contribution in [0.3, 0.4) is 0 Å². The number of piperazine rings is 1. The number of benzene rings is 2. The Morgan fingerprint density at radius 1 is 1.04 bits per heavy atom. The van der Waals surface area contributed by atoms with Gasteiger partial charge in [0.1, 0.15) is 0 Å². The summed E-state index contributed by atoms with van der Waals surface area (Å²) in [5.41, 5.74) is 2.65. The van der Waals surface area contributed by atoms with Crippen LogP contribution in [0.15, 0.2) is 54.6 Å². The quantitative estimate of drug-likeness (QED) is 0.764. The number of likely N-dealkylation sites (N-methyl/N-ethyl adjacent to an activating group) is 1. The van der Waals surface area contributed by atoms with Crippen LogP contribution in [0.1, 0.15) is 29.3 Å². The summed E-state index contributed by atoms with van der Waals surface area (Å²) in [6.45, 7) is 6.15. The lowest BCUT2D eigenvalue weighted by molar-refractivity contribution is 0.0666. The van der Waals surface area contributed by atoms with Crippen molar-refractivity contribution in [2.45, 2.75) is 25.3 Å². The fourth-order valence-corrected chi connectivity index (χ4v) is 3.99. The van der Waals surface area contributed by atoms with Gasteiger partial charge in [0.05, 0.1) is 5.54 Å². The van der Waals surface area contributed by atoms with E-state index in [1.165, 1.54) is 11.3 Å². The lowest BCUT2D eigenvalue weighted by atomic mass is 9.80. The summed E-state index contributed by atoms with van der Waals surface area (Å²) in [5, 5.41) is 3.38. The molecule has 1 heterocycles. The number of anilines is 1. The first kappa shape index (κ1) is 19.6. The zero-order valence-electron chi connectivity index (χ0n) is 16.7. The van der Waals surface area contributed by atoms with Gasteiger partial charge in [-0.05, 0) is 56.8 Å². The van der Waals surface area contributed by atoms with Gasteiger partial charge in [-0.1, -0.05) is 37.3 Å². The standard InChI is InChI=1S/C23H31N3O/c1-4-23(25(2)3,18-19-8-6-5-7-9-19)22(27)20-10-12-21(13-11-20)26-16-14-24-15-17-26/h5-13,24H,4,14-18H2,1-3H3. The second kappa shape index (κ2) is 8.68. The highest BCUT2D eigenvalue weighted by Gasteiger charge is 2.39. The molecule has 1 saturated heterocycles. The zero-order valence-corrected chi connectivity index (χ0v) is 16.7. The normalized spacial score (nSPS) is 17.0. The van der Waals surface area contributed by atoms with Crippen molar-refractivity contribution >= 4 is 11.5 Å². The molecular weight excluding hydrogens is 334 g/mol. The molecule has 0 bridgehead atoms. The summed E-state index contributed by atoms with van der Waals surface area (Å²) in [4.78, 5) is 18.0. The number of ketones is 1. The molecular formula is C23H31N3O. The summed E-state index contributed by atoms with van der Waals surface area (Å²) in [6.07, 6.45) is 1.49. The highest BCUT2D eigenvalue weighted by atomic mass is 16.1. The van der Waals surface area contributed by atoms with Gasteiger partial charge in [0.15, 0.2) is 5.78 Å². The van der Waals surface area contributed by atoms with E-state index in [-0.39, 0.29) is 5.78 Å². The Labute approximate surface area is 163 Å². The summed E-state index contributed by atoms with van der Waals surface area (Å²) in [5.74, 6) is 0.200. The van der Waals surface area contributed by atoms with Crippen molar-refractivity contribution in [3.63, 3.8) is 0 Å². The number of rotatable bonds is 7. The molecule has 1 aliphatic heterocycles. The third-order valence-electron chi connectivity index (χ3n) is 5.81. The van der Waals surface area contributed by atoms with Gasteiger partial charge in [-0.2, -0.15) is 0 Å². The minimum Gasteiger partial charge on any atom is -0.369 e. The minimum atomic E-state index is -0.530. The second-order valence-corrected chi connectivity index (χ2v) is 7.55. The predicted molar refractivity (Wildman–Crippen MR) is 113 cm³/mol. The first-order valence-electron chi connectivity index (χ1n) is 9.89. The number of carbonyl (C=O) groups excluding carboxylic acids is 1. The first-order chi connectivity index (χ1) is 13.1. The Morgan fingerprint density at radius 2 is 1.67 bits per heavy atom. The van der Waals surface area contributed by atoms with Crippen molar-refractivity contribution in [3.8, 4) is 0 Å². The van der Waals surface area contributed by atoms with E-state index < -0.39 is 5.54 Å². The van der Waals surface area contributed by atoms with Crippen molar-refractivity contribution in [2.24, 2.45) is 0 Å². The van der Waals surface area contributed by atoms with E-state index in [9.17, 15) is 4.79 Å². The third-order valence-corrected chi connectivity index (χ3v) is 5.81.